The summed E-state index contributed by atoms with van der Waals surface area (Å²) in [4.78, 5) is 0. The van der Waals surface area contributed by atoms with E-state index in [9.17, 15) is 10.2 Å². The van der Waals surface area contributed by atoms with E-state index in [2.05, 4.69) is 19.2 Å². The molecule has 0 aromatic carbocycles. The lowest BCUT2D eigenvalue weighted by Gasteiger charge is -2.61. The van der Waals surface area contributed by atoms with Crippen molar-refractivity contribution >= 4 is 11.8 Å². The minimum atomic E-state index is -0.336. The van der Waals surface area contributed by atoms with Gasteiger partial charge in [-0.25, -0.2) is 0 Å². The summed E-state index contributed by atoms with van der Waals surface area (Å²) in [5.41, 5.74) is 0.362. The topological polar surface area (TPSA) is 64.2 Å². The molecule has 0 aromatic heterocycles. The average Bonchev–Trinajstić information content (AvgIpc) is 2.84. The van der Waals surface area contributed by atoms with Crippen molar-refractivity contribution in [1.82, 2.24) is 0 Å². The van der Waals surface area contributed by atoms with Crippen molar-refractivity contribution in [1.29, 1.82) is 5.26 Å². The van der Waals surface area contributed by atoms with Gasteiger partial charge in [-0.15, -0.1) is 0 Å². The van der Waals surface area contributed by atoms with Crippen LogP contribution in [0.1, 0.15) is 65.2 Å². The molecule has 4 rings (SSSR count). The number of aliphatic hydroxyl groups is 2. The van der Waals surface area contributed by atoms with E-state index >= 15 is 0 Å². The number of nitriles is 1. The van der Waals surface area contributed by atoms with E-state index in [1.807, 2.05) is 0 Å². The van der Waals surface area contributed by atoms with Crippen LogP contribution >= 0.6 is 11.8 Å². The van der Waals surface area contributed by atoms with Gasteiger partial charge in [-0.3, -0.25) is 0 Å². The summed E-state index contributed by atoms with van der Waals surface area (Å²) >= 11 is 1.28. The molecule has 134 valence electrons. The van der Waals surface area contributed by atoms with Crippen molar-refractivity contribution in [3.63, 3.8) is 0 Å². The molecule has 24 heavy (non-hydrogen) atoms. The monoisotopic (exact) mass is 349 g/mol. The Balaban J connectivity index is 1.59. The Morgan fingerprint density at radius 1 is 1.00 bits per heavy atom. The lowest BCUT2D eigenvalue weighted by atomic mass is 9.45. The Hall–Kier alpha value is -0.240. The standard InChI is InChI=1S/C20H31NO2S/c1-19-8-7-15-13(14(19)5-6-18(19)23)4-3-12-9-17(24-11-21)16(22)10-20(12,15)2/h12-18,22-23H,3-10H2,1-2H3/t12-,13-,14-,15-,16-,17-,18-,19-,20-/m0/s1. The molecular formula is C20H31NO2S. The molecule has 0 saturated heterocycles. The van der Waals surface area contributed by atoms with E-state index in [1.165, 1.54) is 37.4 Å². The van der Waals surface area contributed by atoms with Gasteiger partial charge in [0.1, 0.15) is 5.40 Å². The molecule has 4 saturated carbocycles. The van der Waals surface area contributed by atoms with Crippen LogP contribution in [0.2, 0.25) is 0 Å². The second-order valence-corrected chi connectivity index (χ2v) is 10.6. The van der Waals surface area contributed by atoms with Crippen LogP contribution in [-0.2, 0) is 0 Å². The van der Waals surface area contributed by atoms with Crippen LogP contribution in [0.4, 0.5) is 0 Å². The normalized spacial score (nSPS) is 56.7. The molecule has 4 aliphatic carbocycles. The SMILES string of the molecule is C[C@]12C[C@H](O)[C@@H](SC#N)C[C@@H]1CC[C@@H]1[C@@H]2CC[C@]2(C)[C@@H](O)CC[C@@H]12. The van der Waals surface area contributed by atoms with Crippen LogP contribution in [0.25, 0.3) is 0 Å². The van der Waals surface area contributed by atoms with Gasteiger partial charge in [-0.2, -0.15) is 5.26 Å². The fraction of sp³-hybridized carbons (Fsp3) is 0.950. The van der Waals surface area contributed by atoms with Crippen molar-refractivity contribution in [3.8, 4) is 5.40 Å². The third-order valence-corrected chi connectivity index (χ3v) is 9.73. The van der Waals surface area contributed by atoms with Gasteiger partial charge >= 0.3 is 0 Å². The smallest absolute Gasteiger partial charge is 0.133 e. The van der Waals surface area contributed by atoms with Gasteiger partial charge in [-0.05, 0) is 97.6 Å². The fourth-order valence-electron chi connectivity index (χ4n) is 7.43. The molecule has 0 amide bonds. The third kappa shape index (κ3) is 2.31. The van der Waals surface area contributed by atoms with Gasteiger partial charge in [0.25, 0.3) is 0 Å². The summed E-state index contributed by atoms with van der Waals surface area (Å²) in [5.74, 6) is 2.76. The number of nitrogens with zero attached hydrogens (tertiary/aromatic N) is 1. The summed E-state index contributed by atoms with van der Waals surface area (Å²) in [5, 5.41) is 32.5. The Labute approximate surface area is 150 Å². The number of fused-ring (bicyclic) bond motifs is 5. The van der Waals surface area contributed by atoms with Gasteiger partial charge in [0, 0.05) is 5.25 Å². The Morgan fingerprint density at radius 3 is 2.50 bits per heavy atom. The average molecular weight is 350 g/mol. The molecule has 2 N–H and O–H groups in total. The first kappa shape index (κ1) is 17.2. The number of thioether (sulfide) groups is 1. The highest BCUT2D eigenvalue weighted by Gasteiger charge is 2.60. The van der Waals surface area contributed by atoms with Crippen LogP contribution < -0.4 is 0 Å². The highest BCUT2D eigenvalue weighted by molar-refractivity contribution is 8.04. The van der Waals surface area contributed by atoms with Crippen LogP contribution in [-0.4, -0.2) is 27.7 Å². The molecule has 4 aliphatic rings. The van der Waals surface area contributed by atoms with E-state index < -0.39 is 0 Å². The molecule has 0 aliphatic heterocycles. The lowest BCUT2D eigenvalue weighted by Crippen LogP contribution is -2.56. The van der Waals surface area contributed by atoms with E-state index in [0.717, 1.165) is 31.6 Å². The zero-order valence-electron chi connectivity index (χ0n) is 14.9. The van der Waals surface area contributed by atoms with E-state index in [-0.39, 0.29) is 28.3 Å². The molecule has 4 heteroatoms. The van der Waals surface area contributed by atoms with E-state index in [4.69, 9.17) is 5.26 Å². The zero-order valence-corrected chi connectivity index (χ0v) is 15.8. The maximum atomic E-state index is 10.7. The second-order valence-electron chi connectivity index (χ2n) is 9.55. The highest BCUT2D eigenvalue weighted by atomic mass is 32.2. The minimum Gasteiger partial charge on any atom is -0.393 e. The van der Waals surface area contributed by atoms with Crippen molar-refractivity contribution in [3.05, 3.63) is 0 Å². The van der Waals surface area contributed by atoms with Crippen LogP contribution in [0.15, 0.2) is 0 Å². The molecule has 0 radical (unpaired) electrons. The van der Waals surface area contributed by atoms with Crippen molar-refractivity contribution in [2.75, 3.05) is 0 Å². The first-order valence-electron chi connectivity index (χ1n) is 9.81. The van der Waals surface area contributed by atoms with Gasteiger partial charge in [0.05, 0.1) is 12.2 Å². The first-order chi connectivity index (χ1) is 11.4. The van der Waals surface area contributed by atoms with Crippen LogP contribution in [0.3, 0.4) is 0 Å². The number of hydrogen-bond acceptors (Lipinski definition) is 4. The molecule has 0 unspecified atom stereocenters. The van der Waals surface area contributed by atoms with Crippen molar-refractivity contribution in [2.45, 2.75) is 82.7 Å². The number of aliphatic hydroxyl groups excluding tert-OH is 2. The van der Waals surface area contributed by atoms with Crippen molar-refractivity contribution < 1.29 is 10.2 Å². The molecule has 0 spiro atoms. The largest absolute Gasteiger partial charge is 0.393 e. The summed E-state index contributed by atoms with van der Waals surface area (Å²) in [6.45, 7) is 4.76. The summed E-state index contributed by atoms with van der Waals surface area (Å²) in [6.07, 6.45) is 8.49. The Bertz CT molecular complexity index is 548. The molecular weight excluding hydrogens is 318 g/mol. The van der Waals surface area contributed by atoms with Gasteiger partial charge in [-0.1, -0.05) is 13.8 Å². The fourth-order valence-corrected chi connectivity index (χ4v) is 8.14. The van der Waals surface area contributed by atoms with Crippen LogP contribution in [0.5, 0.6) is 0 Å². The predicted molar refractivity (Wildman–Crippen MR) is 96.1 cm³/mol. The number of rotatable bonds is 1. The lowest BCUT2D eigenvalue weighted by molar-refractivity contribution is -0.135. The molecule has 9 atom stereocenters. The molecule has 0 aromatic rings. The zero-order chi connectivity index (χ0) is 17.1. The first-order valence-corrected chi connectivity index (χ1v) is 10.7. The molecule has 4 fully saturated rings. The number of thiocyanates is 1. The van der Waals surface area contributed by atoms with Gasteiger partial charge in [0.2, 0.25) is 0 Å². The molecule has 0 bridgehead atoms. The van der Waals surface area contributed by atoms with Crippen LogP contribution in [0, 0.1) is 45.2 Å². The Kier molecular flexibility index (Phi) is 4.22. The number of hydrogen-bond donors (Lipinski definition) is 2. The highest BCUT2D eigenvalue weighted by Crippen LogP contribution is 2.66. The second kappa shape index (κ2) is 5.89. The minimum absolute atomic E-state index is 0.104. The van der Waals surface area contributed by atoms with Gasteiger partial charge < -0.3 is 10.2 Å². The molecule has 0 heterocycles. The summed E-state index contributed by atoms with van der Waals surface area (Å²) in [6, 6.07) is 0. The predicted octanol–water partition coefficient (Wildman–Crippen LogP) is 3.94. The maximum Gasteiger partial charge on any atom is 0.133 e. The quantitative estimate of drug-likeness (QED) is 0.704. The molecule has 3 nitrogen and oxygen atoms in total. The third-order valence-electron chi connectivity index (χ3n) is 8.81. The Morgan fingerprint density at radius 2 is 1.75 bits per heavy atom. The van der Waals surface area contributed by atoms with E-state index in [0.29, 0.717) is 17.8 Å². The maximum absolute atomic E-state index is 10.7. The van der Waals surface area contributed by atoms with E-state index in [1.54, 1.807) is 0 Å². The summed E-state index contributed by atoms with van der Waals surface area (Å²) < 4.78 is 0. The van der Waals surface area contributed by atoms with Crippen molar-refractivity contribution in [2.24, 2.45) is 34.5 Å². The summed E-state index contributed by atoms with van der Waals surface area (Å²) in [7, 11) is 0. The van der Waals surface area contributed by atoms with Gasteiger partial charge in [0.15, 0.2) is 0 Å².